The Kier molecular flexibility index (Phi) is 3.27. The first-order chi connectivity index (χ1) is 8.13. The lowest BCUT2D eigenvalue weighted by Gasteiger charge is -2.05. The quantitative estimate of drug-likeness (QED) is 0.756. The van der Waals surface area contributed by atoms with Crippen LogP contribution < -0.4 is 0 Å². The maximum absolute atomic E-state index is 12.2. The molecule has 0 amide bonds. The lowest BCUT2D eigenvalue weighted by molar-refractivity contribution is 0.0959. The Bertz CT molecular complexity index is 542. The Morgan fingerprint density at radius 3 is 2.82 bits per heavy atom. The summed E-state index contributed by atoms with van der Waals surface area (Å²) in [6, 6.07) is 7.87. The van der Waals surface area contributed by atoms with Gasteiger partial charge in [-0.05, 0) is 12.0 Å². The van der Waals surface area contributed by atoms with Crippen LogP contribution in [0.25, 0.3) is 10.9 Å². The molecule has 0 N–H and O–H groups in total. The Morgan fingerprint density at radius 2 is 2.12 bits per heavy atom. The molecule has 3 nitrogen and oxygen atoms in total. The van der Waals surface area contributed by atoms with E-state index in [0.29, 0.717) is 18.0 Å². The van der Waals surface area contributed by atoms with Gasteiger partial charge in [0.1, 0.15) is 5.69 Å². The molecule has 1 aromatic heterocycles. The standard InChI is InChI=1S/C14H18N2O/c1-4-10(2)9-13(17)14-11-7-5-6-8-12(11)16(3)15-14/h5-8,10H,4,9H2,1-3H3. The Labute approximate surface area is 101 Å². The van der Waals surface area contributed by atoms with Crippen molar-refractivity contribution in [3.63, 3.8) is 0 Å². The van der Waals surface area contributed by atoms with Crippen molar-refractivity contribution in [2.45, 2.75) is 26.7 Å². The fourth-order valence-electron chi connectivity index (χ4n) is 1.98. The van der Waals surface area contributed by atoms with Crippen LogP contribution in [0.15, 0.2) is 24.3 Å². The minimum absolute atomic E-state index is 0.149. The maximum Gasteiger partial charge on any atom is 0.183 e. The number of carbonyl (C=O) groups excluding carboxylic acids is 1. The molecule has 17 heavy (non-hydrogen) atoms. The lowest BCUT2D eigenvalue weighted by Crippen LogP contribution is -2.07. The lowest BCUT2D eigenvalue weighted by atomic mass is 9.99. The minimum Gasteiger partial charge on any atom is -0.292 e. The molecule has 1 atom stereocenters. The Hall–Kier alpha value is -1.64. The number of Topliss-reactive ketones (excluding diaryl/α,β-unsaturated/α-hetero) is 1. The number of fused-ring (bicyclic) bond motifs is 1. The summed E-state index contributed by atoms with van der Waals surface area (Å²) in [5.74, 6) is 0.569. The summed E-state index contributed by atoms with van der Waals surface area (Å²) in [5, 5.41) is 5.31. The zero-order valence-electron chi connectivity index (χ0n) is 10.6. The molecular formula is C14H18N2O. The van der Waals surface area contributed by atoms with E-state index in [1.165, 1.54) is 0 Å². The number of hydrogen-bond donors (Lipinski definition) is 0. The highest BCUT2D eigenvalue weighted by atomic mass is 16.1. The van der Waals surface area contributed by atoms with Gasteiger partial charge in [-0.2, -0.15) is 5.10 Å². The van der Waals surface area contributed by atoms with Crippen molar-refractivity contribution in [2.24, 2.45) is 13.0 Å². The van der Waals surface area contributed by atoms with Gasteiger partial charge in [-0.1, -0.05) is 38.5 Å². The number of aromatic nitrogens is 2. The van der Waals surface area contributed by atoms with Crippen molar-refractivity contribution in [1.82, 2.24) is 9.78 Å². The van der Waals surface area contributed by atoms with Gasteiger partial charge in [-0.25, -0.2) is 0 Å². The summed E-state index contributed by atoms with van der Waals surface area (Å²) in [5.41, 5.74) is 1.63. The number of ketones is 1. The van der Waals surface area contributed by atoms with Gasteiger partial charge in [0.2, 0.25) is 0 Å². The van der Waals surface area contributed by atoms with Gasteiger partial charge in [0.05, 0.1) is 5.52 Å². The number of hydrogen-bond acceptors (Lipinski definition) is 2. The normalized spacial score (nSPS) is 12.9. The van der Waals surface area contributed by atoms with Gasteiger partial charge in [0, 0.05) is 18.9 Å². The van der Waals surface area contributed by atoms with Crippen LogP contribution in [-0.4, -0.2) is 15.6 Å². The van der Waals surface area contributed by atoms with Crippen molar-refractivity contribution < 1.29 is 4.79 Å². The van der Waals surface area contributed by atoms with Crippen LogP contribution in [0.3, 0.4) is 0 Å². The summed E-state index contributed by atoms with van der Waals surface area (Å²) in [6.45, 7) is 4.21. The summed E-state index contributed by atoms with van der Waals surface area (Å²) >= 11 is 0. The third-order valence-electron chi connectivity index (χ3n) is 3.25. The third-order valence-corrected chi connectivity index (χ3v) is 3.25. The van der Waals surface area contributed by atoms with E-state index in [9.17, 15) is 4.79 Å². The molecule has 0 radical (unpaired) electrons. The number of aryl methyl sites for hydroxylation is 1. The number of carbonyl (C=O) groups is 1. The number of rotatable bonds is 4. The largest absolute Gasteiger partial charge is 0.292 e. The fraction of sp³-hybridized carbons (Fsp3) is 0.429. The molecule has 0 saturated carbocycles. The van der Waals surface area contributed by atoms with Crippen LogP contribution in [0, 0.1) is 5.92 Å². The summed E-state index contributed by atoms with van der Waals surface area (Å²) in [6.07, 6.45) is 1.61. The first kappa shape index (κ1) is 11.8. The van der Waals surface area contributed by atoms with Gasteiger partial charge in [0.15, 0.2) is 5.78 Å². The second kappa shape index (κ2) is 4.70. The fourth-order valence-corrected chi connectivity index (χ4v) is 1.98. The van der Waals surface area contributed by atoms with Crippen molar-refractivity contribution >= 4 is 16.7 Å². The van der Waals surface area contributed by atoms with Crippen LogP contribution in [-0.2, 0) is 7.05 Å². The molecular weight excluding hydrogens is 212 g/mol. The van der Waals surface area contributed by atoms with Crippen LogP contribution in [0.1, 0.15) is 37.2 Å². The molecule has 0 saturated heterocycles. The maximum atomic E-state index is 12.2. The first-order valence-corrected chi connectivity index (χ1v) is 6.08. The Morgan fingerprint density at radius 1 is 1.41 bits per heavy atom. The van der Waals surface area contributed by atoms with Crippen molar-refractivity contribution in [1.29, 1.82) is 0 Å². The topological polar surface area (TPSA) is 34.9 Å². The van der Waals surface area contributed by atoms with Crippen molar-refractivity contribution in [2.75, 3.05) is 0 Å². The second-order valence-electron chi connectivity index (χ2n) is 4.63. The molecule has 1 aromatic carbocycles. The smallest absolute Gasteiger partial charge is 0.183 e. The van der Waals surface area contributed by atoms with Crippen LogP contribution in [0.5, 0.6) is 0 Å². The van der Waals surface area contributed by atoms with Gasteiger partial charge in [-0.15, -0.1) is 0 Å². The van der Waals surface area contributed by atoms with E-state index >= 15 is 0 Å². The van der Waals surface area contributed by atoms with E-state index < -0.39 is 0 Å². The van der Waals surface area contributed by atoms with Crippen LogP contribution in [0.2, 0.25) is 0 Å². The zero-order valence-corrected chi connectivity index (χ0v) is 10.6. The molecule has 1 unspecified atom stereocenters. The van der Waals surface area contributed by atoms with E-state index in [1.54, 1.807) is 4.68 Å². The van der Waals surface area contributed by atoms with E-state index in [0.717, 1.165) is 17.3 Å². The molecule has 0 fully saturated rings. The van der Waals surface area contributed by atoms with Gasteiger partial charge >= 0.3 is 0 Å². The predicted molar refractivity (Wildman–Crippen MR) is 69.1 cm³/mol. The summed E-state index contributed by atoms with van der Waals surface area (Å²) in [7, 11) is 1.88. The molecule has 0 aliphatic heterocycles. The van der Waals surface area contributed by atoms with Gasteiger partial charge in [0.25, 0.3) is 0 Å². The molecule has 90 valence electrons. The second-order valence-corrected chi connectivity index (χ2v) is 4.63. The minimum atomic E-state index is 0.149. The number of benzene rings is 1. The predicted octanol–water partition coefficient (Wildman–Crippen LogP) is 3.19. The highest BCUT2D eigenvalue weighted by Gasteiger charge is 2.17. The third kappa shape index (κ3) is 2.23. The SMILES string of the molecule is CCC(C)CC(=O)c1nn(C)c2ccccc12. The summed E-state index contributed by atoms with van der Waals surface area (Å²) in [4.78, 5) is 12.2. The van der Waals surface area contributed by atoms with Crippen LogP contribution in [0.4, 0.5) is 0 Å². The van der Waals surface area contributed by atoms with E-state index in [-0.39, 0.29) is 5.78 Å². The zero-order chi connectivity index (χ0) is 12.4. The average Bonchev–Trinajstić information content (AvgIpc) is 2.67. The van der Waals surface area contributed by atoms with E-state index in [4.69, 9.17) is 0 Å². The molecule has 1 heterocycles. The van der Waals surface area contributed by atoms with Crippen molar-refractivity contribution in [3.05, 3.63) is 30.0 Å². The monoisotopic (exact) mass is 230 g/mol. The highest BCUT2D eigenvalue weighted by molar-refractivity contribution is 6.06. The van der Waals surface area contributed by atoms with Gasteiger partial charge in [-0.3, -0.25) is 9.48 Å². The first-order valence-electron chi connectivity index (χ1n) is 6.08. The molecule has 2 rings (SSSR count). The molecule has 3 heteroatoms. The molecule has 0 spiro atoms. The average molecular weight is 230 g/mol. The van der Waals surface area contributed by atoms with Crippen LogP contribution >= 0.6 is 0 Å². The molecule has 0 aliphatic carbocycles. The number of nitrogens with zero attached hydrogens (tertiary/aromatic N) is 2. The molecule has 0 aliphatic rings. The summed E-state index contributed by atoms with van der Waals surface area (Å²) < 4.78 is 1.78. The highest BCUT2D eigenvalue weighted by Crippen LogP contribution is 2.20. The van der Waals surface area contributed by atoms with Crippen molar-refractivity contribution in [3.8, 4) is 0 Å². The number of para-hydroxylation sites is 1. The van der Waals surface area contributed by atoms with Gasteiger partial charge < -0.3 is 0 Å². The van der Waals surface area contributed by atoms with E-state index in [2.05, 4.69) is 18.9 Å². The molecule has 2 aromatic rings. The molecule has 0 bridgehead atoms. The van der Waals surface area contributed by atoms with E-state index in [1.807, 2.05) is 31.3 Å². The Balaban J connectivity index is 2.39.